The second-order valence-corrected chi connectivity index (χ2v) is 8.80. The first-order valence-corrected chi connectivity index (χ1v) is 10.8. The maximum absolute atomic E-state index is 13.5. The fraction of sp³-hybridized carbons (Fsp3) is 0.130. The Labute approximate surface area is 191 Å². The number of rotatable bonds is 4. The van der Waals surface area contributed by atoms with Crippen LogP contribution in [-0.2, 0) is 10.3 Å². The van der Waals surface area contributed by atoms with Crippen LogP contribution in [0, 0.1) is 6.92 Å². The first-order chi connectivity index (χ1) is 15.7. The van der Waals surface area contributed by atoms with Gasteiger partial charge in [-0.05, 0) is 42.8 Å². The molecule has 3 heterocycles. The summed E-state index contributed by atoms with van der Waals surface area (Å²) in [7, 11) is 0. The molecule has 1 aliphatic carbocycles. The van der Waals surface area contributed by atoms with Gasteiger partial charge >= 0.3 is 5.97 Å². The van der Waals surface area contributed by atoms with E-state index in [-0.39, 0.29) is 16.1 Å². The van der Waals surface area contributed by atoms with E-state index >= 15 is 0 Å². The van der Waals surface area contributed by atoms with Crippen molar-refractivity contribution in [3.05, 3.63) is 76.2 Å². The van der Waals surface area contributed by atoms with E-state index in [0.717, 1.165) is 11.3 Å². The molecule has 33 heavy (non-hydrogen) atoms. The number of carboxylic acids is 1. The van der Waals surface area contributed by atoms with E-state index in [9.17, 15) is 14.7 Å². The summed E-state index contributed by atoms with van der Waals surface area (Å²) in [6.45, 7) is 1.82. The van der Waals surface area contributed by atoms with Gasteiger partial charge in [0, 0.05) is 22.8 Å². The molecule has 0 bridgehead atoms. The quantitative estimate of drug-likeness (QED) is 0.334. The Balaban J connectivity index is 1.65. The van der Waals surface area contributed by atoms with Crippen LogP contribution in [0.15, 0.2) is 48.8 Å². The predicted octanol–water partition coefficient (Wildman–Crippen LogP) is 2.86. The van der Waals surface area contributed by atoms with Crippen LogP contribution in [0.1, 0.15) is 38.2 Å². The van der Waals surface area contributed by atoms with Crippen molar-refractivity contribution in [2.75, 3.05) is 5.73 Å². The summed E-state index contributed by atoms with van der Waals surface area (Å²) in [5.74, 6) is -0.701. The average Bonchev–Trinajstić information content (AvgIpc) is 3.21. The Morgan fingerprint density at radius 3 is 2.67 bits per heavy atom. The molecule has 0 amide bonds. The highest BCUT2D eigenvalue weighted by Gasteiger charge is 2.49. The number of carbonyl (C=O) groups is 2. The summed E-state index contributed by atoms with van der Waals surface area (Å²) in [6, 6.07) is 8.81. The van der Waals surface area contributed by atoms with Crippen LogP contribution in [0.25, 0.3) is 10.1 Å². The van der Waals surface area contributed by atoms with Gasteiger partial charge in [0.15, 0.2) is 5.78 Å². The number of thiophene rings is 1. The highest BCUT2D eigenvalue weighted by Crippen LogP contribution is 2.49. The number of benzene rings is 1. The molecule has 166 valence electrons. The molecule has 0 saturated heterocycles. The van der Waals surface area contributed by atoms with Crippen molar-refractivity contribution in [2.45, 2.75) is 18.5 Å². The second-order valence-electron chi connectivity index (χ2n) is 7.77. The SMILES string of the molecule is Cc1ncccc1Oc1ccc(C2(N)C(=O)C(N)c3c(C(=O)O)sc4c(N)ccc2c34)nc1. The summed E-state index contributed by atoms with van der Waals surface area (Å²) in [6.07, 6.45) is 3.14. The molecule has 5 rings (SSSR count). The topological polar surface area (TPSA) is 167 Å². The van der Waals surface area contributed by atoms with Crippen LogP contribution >= 0.6 is 11.3 Å². The van der Waals surface area contributed by atoms with E-state index in [1.165, 1.54) is 6.20 Å². The number of carboxylic acid groups (broad SMARTS) is 1. The Hall–Kier alpha value is -3.86. The number of nitrogens with two attached hydrogens (primary N) is 3. The Kier molecular flexibility index (Phi) is 4.67. The van der Waals surface area contributed by atoms with Crippen molar-refractivity contribution in [2.24, 2.45) is 11.5 Å². The van der Waals surface area contributed by atoms with Crippen LogP contribution in [-0.4, -0.2) is 26.8 Å². The van der Waals surface area contributed by atoms with Crippen molar-refractivity contribution in [3.63, 3.8) is 0 Å². The number of hydrogen-bond acceptors (Lipinski definition) is 9. The minimum absolute atomic E-state index is 0.0180. The number of carbonyl (C=O) groups excluding carboxylic acids is 1. The van der Waals surface area contributed by atoms with Gasteiger partial charge in [0.25, 0.3) is 0 Å². The van der Waals surface area contributed by atoms with Gasteiger partial charge in [-0.25, -0.2) is 4.79 Å². The van der Waals surface area contributed by atoms with Gasteiger partial charge in [0.2, 0.25) is 0 Å². The molecule has 1 aliphatic rings. The lowest BCUT2D eigenvalue weighted by Crippen LogP contribution is -2.53. The Bertz CT molecular complexity index is 1450. The summed E-state index contributed by atoms with van der Waals surface area (Å²) in [4.78, 5) is 33.9. The van der Waals surface area contributed by atoms with Crippen molar-refractivity contribution in [1.29, 1.82) is 0 Å². The van der Waals surface area contributed by atoms with E-state index < -0.39 is 23.3 Å². The van der Waals surface area contributed by atoms with E-state index in [0.29, 0.717) is 38.5 Å². The lowest BCUT2D eigenvalue weighted by atomic mass is 9.72. The molecule has 0 aliphatic heterocycles. The minimum atomic E-state index is -1.68. The molecule has 10 heteroatoms. The normalized spacial score (nSPS) is 19.6. The first kappa shape index (κ1) is 21.0. The average molecular weight is 462 g/mol. The summed E-state index contributed by atoms with van der Waals surface area (Å²) < 4.78 is 6.37. The molecule has 0 fully saturated rings. The van der Waals surface area contributed by atoms with Gasteiger partial charge in [0.1, 0.15) is 21.9 Å². The highest BCUT2D eigenvalue weighted by atomic mass is 32.1. The van der Waals surface area contributed by atoms with Gasteiger partial charge in [-0.15, -0.1) is 11.3 Å². The molecule has 0 saturated carbocycles. The maximum atomic E-state index is 13.5. The van der Waals surface area contributed by atoms with Gasteiger partial charge in [0.05, 0.1) is 28.3 Å². The fourth-order valence-corrected chi connectivity index (χ4v) is 5.32. The third kappa shape index (κ3) is 2.99. The largest absolute Gasteiger partial charge is 0.477 e. The zero-order valence-electron chi connectivity index (χ0n) is 17.4. The number of Topliss-reactive ketones (excluding diaryl/α,β-unsaturated/α-hetero) is 1. The lowest BCUT2D eigenvalue weighted by Gasteiger charge is -2.35. The molecule has 0 radical (unpaired) electrons. The van der Waals surface area contributed by atoms with E-state index in [4.69, 9.17) is 21.9 Å². The number of aryl methyl sites for hydroxylation is 1. The molecule has 2 atom stereocenters. The van der Waals surface area contributed by atoms with E-state index in [1.54, 1.807) is 42.6 Å². The Morgan fingerprint density at radius 2 is 2.00 bits per heavy atom. The number of ketones is 1. The summed E-state index contributed by atoms with van der Waals surface area (Å²) in [5.41, 5.74) is 19.4. The number of ether oxygens (including phenoxy) is 1. The number of nitrogens with zero attached hydrogens (tertiary/aromatic N) is 2. The predicted molar refractivity (Wildman–Crippen MR) is 123 cm³/mol. The molecule has 7 N–H and O–H groups in total. The van der Waals surface area contributed by atoms with Gasteiger partial charge in [-0.1, -0.05) is 6.07 Å². The summed E-state index contributed by atoms with van der Waals surface area (Å²) in [5, 5.41) is 10.2. The van der Waals surface area contributed by atoms with Crippen LogP contribution in [0.5, 0.6) is 11.5 Å². The minimum Gasteiger partial charge on any atom is -0.477 e. The maximum Gasteiger partial charge on any atom is 0.346 e. The number of aromatic carboxylic acids is 1. The highest BCUT2D eigenvalue weighted by molar-refractivity contribution is 7.21. The van der Waals surface area contributed by atoms with Crippen molar-refractivity contribution >= 4 is 38.9 Å². The molecular weight excluding hydrogens is 442 g/mol. The van der Waals surface area contributed by atoms with Gasteiger partial charge in [-0.3, -0.25) is 14.8 Å². The number of aromatic nitrogens is 2. The van der Waals surface area contributed by atoms with Crippen LogP contribution in [0.2, 0.25) is 0 Å². The molecule has 2 unspecified atom stereocenters. The molecule has 0 spiro atoms. The van der Waals surface area contributed by atoms with Crippen molar-refractivity contribution < 1.29 is 19.4 Å². The smallest absolute Gasteiger partial charge is 0.346 e. The molecule has 1 aromatic carbocycles. The van der Waals surface area contributed by atoms with Gasteiger partial charge < -0.3 is 27.0 Å². The molecule has 9 nitrogen and oxygen atoms in total. The van der Waals surface area contributed by atoms with Crippen LogP contribution in [0.4, 0.5) is 5.69 Å². The number of pyridine rings is 2. The lowest BCUT2D eigenvalue weighted by molar-refractivity contribution is -0.124. The molecular formula is C23H19N5O4S. The van der Waals surface area contributed by atoms with Crippen LogP contribution < -0.4 is 21.9 Å². The third-order valence-corrected chi connectivity index (χ3v) is 7.08. The number of hydrogen-bond donors (Lipinski definition) is 4. The number of nitrogen functional groups attached to an aromatic ring is 1. The van der Waals surface area contributed by atoms with Crippen LogP contribution in [0.3, 0.4) is 0 Å². The third-order valence-electron chi connectivity index (χ3n) is 5.83. The second kappa shape index (κ2) is 7.34. The monoisotopic (exact) mass is 461 g/mol. The zero-order valence-corrected chi connectivity index (χ0v) is 18.2. The van der Waals surface area contributed by atoms with Gasteiger partial charge in [-0.2, -0.15) is 0 Å². The first-order valence-electron chi connectivity index (χ1n) is 9.97. The van der Waals surface area contributed by atoms with Crippen molar-refractivity contribution in [1.82, 2.24) is 9.97 Å². The Morgan fingerprint density at radius 1 is 1.21 bits per heavy atom. The number of anilines is 1. The molecule has 3 aromatic heterocycles. The zero-order chi connectivity index (χ0) is 23.5. The summed E-state index contributed by atoms with van der Waals surface area (Å²) >= 11 is 0.985. The molecule has 4 aromatic rings. The van der Waals surface area contributed by atoms with E-state index in [2.05, 4.69) is 9.97 Å². The van der Waals surface area contributed by atoms with E-state index in [1.807, 2.05) is 6.92 Å². The van der Waals surface area contributed by atoms with Crippen molar-refractivity contribution in [3.8, 4) is 11.5 Å². The standard InChI is InChI=1S/C23H19N5O4S/c1-10-14(3-2-8-27-10)32-11-4-7-15(28-9-11)23(26)12-5-6-13(24)19-16(12)17(18(25)21(23)29)20(33-19)22(30)31/h2-9,18H,24-26H2,1H3,(H,30,31). The fourth-order valence-electron chi connectivity index (χ4n) is 4.18.